The average Bonchev–Trinajstić information content (AvgIpc) is 2.70. The monoisotopic (exact) mass is 420 g/mol. The number of benzene rings is 1. The maximum absolute atomic E-state index is 2.50. The minimum Gasteiger partial charge on any atom is -0.0759 e. The second-order valence-corrected chi connectivity index (χ2v) is 7.97. The van der Waals surface area contributed by atoms with E-state index in [2.05, 4.69) is 58.9 Å². The Balaban J connectivity index is 0.00000133. The zero-order chi connectivity index (χ0) is 13.1. The molecule has 1 aromatic rings. The van der Waals surface area contributed by atoms with Crippen LogP contribution in [0.3, 0.4) is 0 Å². The summed E-state index contributed by atoms with van der Waals surface area (Å²) in [5.41, 5.74) is 6.97. The zero-order valence-electron chi connectivity index (χ0n) is 12.8. The molecule has 0 heterocycles. The number of fused-ring (bicyclic) bond motifs is 2. The van der Waals surface area contributed by atoms with Gasteiger partial charge in [-0.3, -0.25) is 0 Å². The summed E-state index contributed by atoms with van der Waals surface area (Å²) in [5.74, 6) is 0.585. The summed E-state index contributed by atoms with van der Waals surface area (Å²) in [6.45, 7) is 11.8. The van der Waals surface area contributed by atoms with Gasteiger partial charge in [0.15, 0.2) is 0 Å². The SMILES string of the molecule is CC1(C)Cc2cc3c(cc2C1)C(C(C)(C)C)C=C3.[Hf]. The second kappa shape index (κ2) is 4.69. The van der Waals surface area contributed by atoms with Crippen LogP contribution >= 0.6 is 0 Å². The van der Waals surface area contributed by atoms with Gasteiger partial charge in [-0.2, -0.15) is 0 Å². The van der Waals surface area contributed by atoms with Crippen molar-refractivity contribution in [1.82, 2.24) is 0 Å². The Morgan fingerprint density at radius 3 is 2.21 bits per heavy atom. The smallest absolute Gasteiger partial charge is 0.00759 e. The molecule has 0 saturated carbocycles. The molecule has 0 bridgehead atoms. The Bertz CT molecular complexity index is 529. The summed E-state index contributed by atoms with van der Waals surface area (Å²) >= 11 is 0. The minimum absolute atomic E-state index is 0. The van der Waals surface area contributed by atoms with Gasteiger partial charge in [0.2, 0.25) is 0 Å². The molecule has 0 radical (unpaired) electrons. The van der Waals surface area contributed by atoms with Crippen molar-refractivity contribution in [3.05, 3.63) is 40.5 Å². The van der Waals surface area contributed by atoms with Crippen LogP contribution in [0, 0.1) is 10.8 Å². The molecule has 100 valence electrons. The first-order chi connectivity index (χ1) is 8.26. The van der Waals surface area contributed by atoms with Crippen molar-refractivity contribution in [1.29, 1.82) is 0 Å². The van der Waals surface area contributed by atoms with E-state index in [4.69, 9.17) is 0 Å². The Labute approximate surface area is 136 Å². The average molecular weight is 419 g/mol. The molecule has 2 aliphatic carbocycles. The Kier molecular flexibility index (Phi) is 3.75. The molecule has 1 unspecified atom stereocenters. The first kappa shape index (κ1) is 15.2. The second-order valence-electron chi connectivity index (χ2n) is 7.97. The van der Waals surface area contributed by atoms with E-state index in [0.29, 0.717) is 16.7 Å². The van der Waals surface area contributed by atoms with Gasteiger partial charge in [-0.25, -0.2) is 0 Å². The number of hydrogen-bond donors (Lipinski definition) is 0. The predicted molar refractivity (Wildman–Crippen MR) is 78.9 cm³/mol. The number of hydrogen-bond acceptors (Lipinski definition) is 0. The summed E-state index contributed by atoms with van der Waals surface area (Å²) in [4.78, 5) is 0. The van der Waals surface area contributed by atoms with Crippen molar-refractivity contribution < 1.29 is 25.8 Å². The van der Waals surface area contributed by atoms with Gasteiger partial charge in [0.1, 0.15) is 0 Å². The van der Waals surface area contributed by atoms with Gasteiger partial charge in [-0.1, -0.05) is 58.9 Å². The van der Waals surface area contributed by atoms with E-state index >= 15 is 0 Å². The topological polar surface area (TPSA) is 0 Å². The molecule has 1 aromatic carbocycles. The van der Waals surface area contributed by atoms with Crippen molar-refractivity contribution >= 4 is 6.08 Å². The van der Waals surface area contributed by atoms with E-state index in [9.17, 15) is 0 Å². The fourth-order valence-electron chi connectivity index (χ4n) is 3.62. The van der Waals surface area contributed by atoms with Gasteiger partial charge < -0.3 is 0 Å². The third kappa shape index (κ3) is 2.68. The summed E-state index contributed by atoms with van der Waals surface area (Å²) in [6, 6.07) is 4.94. The van der Waals surface area contributed by atoms with Crippen molar-refractivity contribution in [2.75, 3.05) is 0 Å². The van der Waals surface area contributed by atoms with Crippen LogP contribution < -0.4 is 0 Å². The van der Waals surface area contributed by atoms with E-state index in [-0.39, 0.29) is 25.8 Å². The van der Waals surface area contributed by atoms with Gasteiger partial charge >= 0.3 is 0 Å². The molecule has 3 rings (SSSR count). The van der Waals surface area contributed by atoms with Crippen LogP contribution in [0.15, 0.2) is 18.2 Å². The molecule has 0 aliphatic heterocycles. The molecule has 0 nitrogen and oxygen atoms in total. The van der Waals surface area contributed by atoms with E-state index in [1.54, 1.807) is 16.7 Å². The standard InChI is InChI=1S/C18H24.Hf/c1-17(2,3)16-7-6-12-8-13-10-18(4,5)11-14(13)9-15(12)16;/h6-9,16H,10-11H2,1-5H3;. The van der Waals surface area contributed by atoms with Gasteiger partial charge in [0, 0.05) is 31.8 Å². The predicted octanol–water partition coefficient (Wildman–Crippen LogP) is 4.97. The molecular formula is C18H24Hf. The van der Waals surface area contributed by atoms with E-state index in [0.717, 1.165) is 0 Å². The molecule has 0 fully saturated rings. The van der Waals surface area contributed by atoms with Gasteiger partial charge in [0.05, 0.1) is 0 Å². The molecule has 0 amide bonds. The molecule has 0 N–H and O–H groups in total. The Morgan fingerprint density at radius 1 is 1.05 bits per heavy atom. The molecule has 2 aliphatic rings. The van der Waals surface area contributed by atoms with E-state index in [1.165, 1.54) is 18.4 Å². The van der Waals surface area contributed by atoms with Crippen LogP contribution in [0.1, 0.15) is 62.8 Å². The van der Waals surface area contributed by atoms with Crippen LogP contribution in [-0.4, -0.2) is 0 Å². The minimum atomic E-state index is 0. The van der Waals surface area contributed by atoms with Crippen molar-refractivity contribution in [3.63, 3.8) is 0 Å². The quantitative estimate of drug-likeness (QED) is 0.522. The third-order valence-electron chi connectivity index (χ3n) is 4.48. The summed E-state index contributed by atoms with van der Waals surface area (Å²) in [7, 11) is 0. The first-order valence-corrected chi connectivity index (χ1v) is 7.10. The Morgan fingerprint density at radius 2 is 1.63 bits per heavy atom. The van der Waals surface area contributed by atoms with Gasteiger partial charge in [-0.15, -0.1) is 0 Å². The molecule has 1 heteroatoms. The summed E-state index contributed by atoms with van der Waals surface area (Å²) in [5, 5.41) is 0. The van der Waals surface area contributed by atoms with Crippen LogP contribution in [0.5, 0.6) is 0 Å². The molecule has 0 aromatic heterocycles. The first-order valence-electron chi connectivity index (χ1n) is 7.10. The molecule has 0 saturated heterocycles. The molecule has 1 atom stereocenters. The fraction of sp³-hybridized carbons (Fsp3) is 0.556. The summed E-state index contributed by atoms with van der Waals surface area (Å²) < 4.78 is 0. The molecular weight excluding hydrogens is 395 g/mol. The van der Waals surface area contributed by atoms with Gasteiger partial charge in [-0.05, 0) is 45.9 Å². The normalized spacial score (nSPS) is 22.9. The molecule has 19 heavy (non-hydrogen) atoms. The van der Waals surface area contributed by atoms with Crippen LogP contribution in [0.25, 0.3) is 6.08 Å². The summed E-state index contributed by atoms with van der Waals surface area (Å²) in [6.07, 6.45) is 7.21. The third-order valence-corrected chi connectivity index (χ3v) is 4.48. The fourth-order valence-corrected chi connectivity index (χ4v) is 3.62. The maximum atomic E-state index is 2.50. The Hall–Kier alpha value is -0.170. The molecule has 0 spiro atoms. The van der Waals surface area contributed by atoms with Crippen LogP contribution in [0.2, 0.25) is 0 Å². The van der Waals surface area contributed by atoms with E-state index in [1.807, 2.05) is 0 Å². The maximum Gasteiger partial charge on any atom is 0.00759 e. The van der Waals surface area contributed by atoms with Crippen molar-refractivity contribution in [3.8, 4) is 0 Å². The van der Waals surface area contributed by atoms with E-state index < -0.39 is 0 Å². The van der Waals surface area contributed by atoms with Crippen LogP contribution in [0.4, 0.5) is 0 Å². The largest absolute Gasteiger partial charge is 0.0759 e. The van der Waals surface area contributed by atoms with Crippen LogP contribution in [-0.2, 0) is 38.7 Å². The van der Waals surface area contributed by atoms with Crippen molar-refractivity contribution in [2.45, 2.75) is 53.4 Å². The number of rotatable bonds is 0. The van der Waals surface area contributed by atoms with Crippen molar-refractivity contribution in [2.24, 2.45) is 10.8 Å². The van der Waals surface area contributed by atoms with Gasteiger partial charge in [0.25, 0.3) is 0 Å². The zero-order valence-corrected chi connectivity index (χ0v) is 16.4. The number of allylic oxidation sites excluding steroid dienone is 1.